The average molecular weight is 469 g/mol. The molecule has 32 heavy (non-hydrogen) atoms. The van der Waals surface area contributed by atoms with E-state index in [2.05, 4.69) is 5.32 Å². The highest BCUT2D eigenvalue weighted by atomic mass is 35.5. The van der Waals surface area contributed by atoms with Gasteiger partial charge in [-0.25, -0.2) is 4.39 Å². The van der Waals surface area contributed by atoms with E-state index in [-0.39, 0.29) is 17.5 Å². The Hall–Kier alpha value is -3.42. The molecule has 1 saturated heterocycles. The SMILES string of the molecule is COc1ccc(/C=C2/NC(=S)N(c3ccccc3)C2=O)cc1COc1ccc(F)cc1Cl. The molecule has 1 amide bonds. The number of halogens is 2. The summed E-state index contributed by atoms with van der Waals surface area (Å²) in [5.41, 5.74) is 2.54. The summed E-state index contributed by atoms with van der Waals surface area (Å²) in [6.45, 7) is 0.140. The van der Waals surface area contributed by atoms with Crippen molar-refractivity contribution in [2.45, 2.75) is 6.61 Å². The van der Waals surface area contributed by atoms with E-state index < -0.39 is 5.82 Å². The number of rotatable bonds is 6. The standard InChI is InChI=1S/C24H18ClFN2O3S/c1-30-21-9-7-15(11-16(21)14-31-22-10-8-17(26)13-19(22)25)12-20-23(29)28(24(32)27-20)18-5-3-2-4-6-18/h2-13H,14H2,1H3,(H,27,32)/b20-12+. The number of anilines is 1. The normalized spacial score (nSPS) is 14.6. The average Bonchev–Trinajstić information content (AvgIpc) is 3.06. The minimum absolute atomic E-state index is 0.140. The molecule has 8 heteroatoms. The Morgan fingerprint density at radius 3 is 2.56 bits per heavy atom. The highest BCUT2D eigenvalue weighted by Gasteiger charge is 2.31. The molecule has 3 aromatic rings. The van der Waals surface area contributed by atoms with Crippen molar-refractivity contribution in [1.82, 2.24) is 5.32 Å². The van der Waals surface area contributed by atoms with Gasteiger partial charge < -0.3 is 14.8 Å². The summed E-state index contributed by atoms with van der Waals surface area (Å²) in [5.74, 6) is 0.283. The first-order valence-electron chi connectivity index (χ1n) is 9.63. The molecule has 1 heterocycles. The van der Waals surface area contributed by atoms with Crippen LogP contribution in [-0.4, -0.2) is 18.1 Å². The smallest absolute Gasteiger partial charge is 0.281 e. The number of carbonyl (C=O) groups is 1. The maximum atomic E-state index is 13.3. The summed E-state index contributed by atoms with van der Waals surface area (Å²) in [4.78, 5) is 14.4. The lowest BCUT2D eigenvalue weighted by Crippen LogP contribution is -2.30. The molecule has 5 nitrogen and oxygen atoms in total. The van der Waals surface area contributed by atoms with E-state index >= 15 is 0 Å². The third-order valence-corrected chi connectivity index (χ3v) is 5.37. The summed E-state index contributed by atoms with van der Waals surface area (Å²) < 4.78 is 24.4. The maximum absolute atomic E-state index is 13.3. The number of nitrogens with one attached hydrogen (secondary N) is 1. The molecule has 4 rings (SSSR count). The first kappa shape index (κ1) is 21.8. The van der Waals surface area contributed by atoms with Crippen molar-refractivity contribution in [3.63, 3.8) is 0 Å². The fourth-order valence-electron chi connectivity index (χ4n) is 3.26. The van der Waals surface area contributed by atoms with Crippen molar-refractivity contribution >= 4 is 46.6 Å². The summed E-state index contributed by atoms with van der Waals surface area (Å²) in [5, 5.41) is 3.47. The van der Waals surface area contributed by atoms with Gasteiger partial charge in [-0.15, -0.1) is 0 Å². The summed E-state index contributed by atoms with van der Waals surface area (Å²) in [6.07, 6.45) is 1.71. The van der Waals surface area contributed by atoms with Gasteiger partial charge in [-0.2, -0.15) is 0 Å². The quantitative estimate of drug-likeness (QED) is 0.391. The van der Waals surface area contributed by atoms with Gasteiger partial charge in [0, 0.05) is 5.56 Å². The van der Waals surface area contributed by atoms with Crippen LogP contribution in [0, 0.1) is 5.82 Å². The molecule has 0 saturated carbocycles. The van der Waals surface area contributed by atoms with Gasteiger partial charge in [0.15, 0.2) is 5.11 Å². The zero-order chi connectivity index (χ0) is 22.7. The van der Waals surface area contributed by atoms with Gasteiger partial charge in [0.2, 0.25) is 0 Å². The Morgan fingerprint density at radius 1 is 1.09 bits per heavy atom. The van der Waals surface area contributed by atoms with E-state index in [0.717, 1.165) is 11.1 Å². The van der Waals surface area contributed by atoms with Gasteiger partial charge >= 0.3 is 0 Å². The number of para-hydroxylation sites is 1. The number of nitrogens with zero attached hydrogens (tertiary/aromatic N) is 1. The third-order valence-electron chi connectivity index (χ3n) is 4.79. The summed E-state index contributed by atoms with van der Waals surface area (Å²) in [6, 6.07) is 18.6. The molecule has 162 valence electrons. The summed E-state index contributed by atoms with van der Waals surface area (Å²) >= 11 is 11.4. The largest absolute Gasteiger partial charge is 0.496 e. The molecular weight excluding hydrogens is 451 g/mol. The second-order valence-electron chi connectivity index (χ2n) is 6.90. The number of ether oxygens (including phenoxy) is 2. The number of thiocarbonyl (C=S) groups is 1. The van der Waals surface area contributed by atoms with Crippen LogP contribution in [0.1, 0.15) is 11.1 Å². The number of carbonyl (C=O) groups excluding carboxylic acids is 1. The van der Waals surface area contributed by atoms with Gasteiger partial charge in [-0.1, -0.05) is 35.9 Å². The number of hydrogen-bond acceptors (Lipinski definition) is 4. The van der Waals surface area contributed by atoms with E-state index in [0.29, 0.717) is 28.0 Å². The lowest BCUT2D eigenvalue weighted by Gasteiger charge is -2.13. The molecule has 1 aliphatic heterocycles. The van der Waals surface area contributed by atoms with Gasteiger partial charge in [0.1, 0.15) is 29.6 Å². The van der Waals surface area contributed by atoms with Crippen molar-refractivity contribution < 1.29 is 18.7 Å². The van der Waals surface area contributed by atoms with Crippen LogP contribution in [-0.2, 0) is 11.4 Å². The summed E-state index contributed by atoms with van der Waals surface area (Å²) in [7, 11) is 1.56. The van der Waals surface area contributed by atoms with Crippen LogP contribution >= 0.6 is 23.8 Å². The number of hydrogen-bond donors (Lipinski definition) is 1. The molecule has 3 aromatic carbocycles. The van der Waals surface area contributed by atoms with Crippen LogP contribution in [0.5, 0.6) is 11.5 Å². The van der Waals surface area contributed by atoms with Crippen molar-refractivity contribution in [2.24, 2.45) is 0 Å². The molecule has 1 fully saturated rings. The topological polar surface area (TPSA) is 50.8 Å². The molecule has 0 bridgehead atoms. The molecule has 0 radical (unpaired) electrons. The van der Waals surface area contributed by atoms with E-state index in [1.807, 2.05) is 42.5 Å². The minimum atomic E-state index is -0.440. The van der Waals surface area contributed by atoms with Gasteiger partial charge in [0.25, 0.3) is 5.91 Å². The predicted octanol–water partition coefficient (Wildman–Crippen LogP) is 5.33. The Morgan fingerprint density at radius 2 is 1.84 bits per heavy atom. The Labute approximate surface area is 195 Å². The van der Waals surface area contributed by atoms with Crippen molar-refractivity contribution in [1.29, 1.82) is 0 Å². The molecule has 0 aromatic heterocycles. The molecule has 1 N–H and O–H groups in total. The van der Waals surface area contributed by atoms with Crippen LogP contribution < -0.4 is 19.7 Å². The van der Waals surface area contributed by atoms with E-state index in [1.165, 1.54) is 23.1 Å². The molecular formula is C24H18ClFN2O3S. The van der Waals surface area contributed by atoms with Gasteiger partial charge in [0.05, 0.1) is 17.8 Å². The highest BCUT2D eigenvalue weighted by molar-refractivity contribution is 7.80. The first-order chi connectivity index (χ1) is 15.5. The number of methoxy groups -OCH3 is 1. The van der Waals surface area contributed by atoms with Crippen LogP contribution in [0.2, 0.25) is 5.02 Å². The first-order valence-corrected chi connectivity index (χ1v) is 10.4. The van der Waals surface area contributed by atoms with Gasteiger partial charge in [-0.3, -0.25) is 9.69 Å². The van der Waals surface area contributed by atoms with E-state index in [9.17, 15) is 9.18 Å². The lowest BCUT2D eigenvalue weighted by molar-refractivity contribution is -0.113. The second-order valence-corrected chi connectivity index (χ2v) is 7.69. The zero-order valence-electron chi connectivity index (χ0n) is 17.0. The van der Waals surface area contributed by atoms with Crippen molar-refractivity contribution in [3.05, 3.63) is 94.4 Å². The maximum Gasteiger partial charge on any atom is 0.281 e. The zero-order valence-corrected chi connectivity index (χ0v) is 18.5. The highest BCUT2D eigenvalue weighted by Crippen LogP contribution is 2.29. The second kappa shape index (κ2) is 9.38. The van der Waals surface area contributed by atoms with Crippen LogP contribution in [0.4, 0.5) is 10.1 Å². The molecule has 0 spiro atoms. The van der Waals surface area contributed by atoms with E-state index in [4.69, 9.17) is 33.3 Å². The fraction of sp³-hybridized carbons (Fsp3) is 0.0833. The molecule has 0 aliphatic carbocycles. The Balaban J connectivity index is 1.57. The molecule has 0 unspecified atom stereocenters. The van der Waals surface area contributed by atoms with Crippen LogP contribution in [0.15, 0.2) is 72.4 Å². The van der Waals surface area contributed by atoms with Gasteiger partial charge in [-0.05, 0) is 66.3 Å². The monoisotopic (exact) mass is 468 g/mol. The van der Waals surface area contributed by atoms with Crippen molar-refractivity contribution in [3.8, 4) is 11.5 Å². The van der Waals surface area contributed by atoms with Crippen LogP contribution in [0.3, 0.4) is 0 Å². The Kier molecular flexibility index (Phi) is 6.39. The molecule has 1 aliphatic rings. The van der Waals surface area contributed by atoms with Crippen molar-refractivity contribution in [2.75, 3.05) is 12.0 Å². The van der Waals surface area contributed by atoms with Crippen LogP contribution in [0.25, 0.3) is 6.08 Å². The van der Waals surface area contributed by atoms with E-state index in [1.54, 1.807) is 19.3 Å². The fourth-order valence-corrected chi connectivity index (χ4v) is 3.78. The minimum Gasteiger partial charge on any atom is -0.496 e. The number of amides is 1. The third kappa shape index (κ3) is 4.59. The predicted molar refractivity (Wildman–Crippen MR) is 126 cm³/mol. The Bertz CT molecular complexity index is 1220. The number of benzene rings is 3. The molecule has 0 atom stereocenters. The lowest BCUT2D eigenvalue weighted by atomic mass is 10.1.